The second kappa shape index (κ2) is 6.60. The van der Waals surface area contributed by atoms with E-state index in [-0.39, 0.29) is 11.5 Å². The number of amides is 1. The van der Waals surface area contributed by atoms with E-state index in [1.165, 1.54) is 4.40 Å². The Labute approximate surface area is 154 Å². The van der Waals surface area contributed by atoms with Gasteiger partial charge in [-0.25, -0.2) is 4.98 Å². The summed E-state index contributed by atoms with van der Waals surface area (Å²) in [5, 5.41) is 3.24. The van der Waals surface area contributed by atoms with Gasteiger partial charge in [0, 0.05) is 18.9 Å². The molecule has 1 amide bonds. The van der Waals surface area contributed by atoms with E-state index >= 15 is 0 Å². The van der Waals surface area contributed by atoms with E-state index in [2.05, 4.69) is 10.3 Å². The van der Waals surface area contributed by atoms with Gasteiger partial charge in [-0.1, -0.05) is 6.07 Å². The molecule has 7 nitrogen and oxygen atoms in total. The SMILES string of the molecule is CCOc1ccc(NC(=O)c2cc3c(=O)n4ccccc4nc3n2C)cc1. The number of hydrogen-bond donors (Lipinski definition) is 1. The van der Waals surface area contributed by atoms with Gasteiger partial charge in [0.15, 0.2) is 0 Å². The van der Waals surface area contributed by atoms with Crippen LogP contribution in [-0.2, 0) is 7.05 Å². The first-order valence-corrected chi connectivity index (χ1v) is 8.59. The van der Waals surface area contributed by atoms with E-state index < -0.39 is 0 Å². The summed E-state index contributed by atoms with van der Waals surface area (Å²) in [4.78, 5) is 29.9. The van der Waals surface area contributed by atoms with Gasteiger partial charge < -0.3 is 14.6 Å². The van der Waals surface area contributed by atoms with Crippen molar-refractivity contribution in [2.24, 2.45) is 7.05 Å². The zero-order valence-electron chi connectivity index (χ0n) is 15.0. The van der Waals surface area contributed by atoms with E-state index in [1.54, 1.807) is 60.3 Å². The third-order valence-corrected chi connectivity index (χ3v) is 4.36. The van der Waals surface area contributed by atoms with Crippen LogP contribution >= 0.6 is 0 Å². The van der Waals surface area contributed by atoms with Gasteiger partial charge in [0.2, 0.25) is 0 Å². The fourth-order valence-corrected chi connectivity index (χ4v) is 3.03. The Kier molecular flexibility index (Phi) is 4.12. The summed E-state index contributed by atoms with van der Waals surface area (Å²) in [6.07, 6.45) is 1.66. The molecule has 0 unspecified atom stereocenters. The van der Waals surface area contributed by atoms with Crippen molar-refractivity contribution in [3.8, 4) is 5.75 Å². The lowest BCUT2D eigenvalue weighted by molar-refractivity contribution is 0.101. The van der Waals surface area contributed by atoms with E-state index in [0.717, 1.165) is 5.75 Å². The molecule has 0 aliphatic carbocycles. The molecule has 136 valence electrons. The quantitative estimate of drug-likeness (QED) is 0.606. The number of aryl methyl sites for hydroxylation is 1. The molecule has 3 heterocycles. The Morgan fingerprint density at radius 2 is 1.96 bits per heavy atom. The second-order valence-corrected chi connectivity index (χ2v) is 6.08. The van der Waals surface area contributed by atoms with Crippen molar-refractivity contribution in [2.45, 2.75) is 6.92 Å². The van der Waals surface area contributed by atoms with Crippen molar-refractivity contribution >= 4 is 28.3 Å². The average molecular weight is 362 g/mol. The molecule has 7 heteroatoms. The minimum atomic E-state index is -0.312. The maximum Gasteiger partial charge on any atom is 0.272 e. The number of hydrogen-bond acceptors (Lipinski definition) is 4. The van der Waals surface area contributed by atoms with E-state index in [4.69, 9.17) is 4.74 Å². The summed E-state index contributed by atoms with van der Waals surface area (Å²) in [6.45, 7) is 2.49. The fraction of sp³-hybridized carbons (Fsp3) is 0.150. The molecule has 4 aromatic rings. The fourth-order valence-electron chi connectivity index (χ4n) is 3.03. The zero-order valence-corrected chi connectivity index (χ0v) is 15.0. The number of ether oxygens (including phenoxy) is 1. The number of nitrogens with one attached hydrogen (secondary N) is 1. The highest BCUT2D eigenvalue weighted by atomic mass is 16.5. The predicted octanol–water partition coefficient (Wildman–Crippen LogP) is 2.84. The van der Waals surface area contributed by atoms with E-state index in [1.807, 2.05) is 13.0 Å². The molecule has 1 aromatic carbocycles. The topological polar surface area (TPSA) is 77.6 Å². The summed E-state index contributed by atoms with van der Waals surface area (Å²) in [6, 6.07) is 14.0. The minimum absolute atomic E-state index is 0.202. The van der Waals surface area contributed by atoms with Gasteiger partial charge in [0.05, 0.1) is 12.0 Å². The Hall–Kier alpha value is -3.61. The molecular weight excluding hydrogens is 344 g/mol. The summed E-state index contributed by atoms with van der Waals surface area (Å²) >= 11 is 0. The highest BCUT2D eigenvalue weighted by Crippen LogP contribution is 2.19. The normalized spacial score (nSPS) is 11.0. The highest BCUT2D eigenvalue weighted by Gasteiger charge is 2.17. The number of nitrogens with zero attached hydrogens (tertiary/aromatic N) is 3. The van der Waals surface area contributed by atoms with Crippen molar-refractivity contribution in [1.82, 2.24) is 14.0 Å². The number of pyridine rings is 1. The van der Waals surface area contributed by atoms with Crippen LogP contribution < -0.4 is 15.6 Å². The van der Waals surface area contributed by atoms with Crippen molar-refractivity contribution in [3.05, 3.63) is 70.8 Å². The van der Waals surface area contributed by atoms with Crippen LogP contribution in [0, 0.1) is 0 Å². The van der Waals surface area contributed by atoms with Gasteiger partial charge in [-0.2, -0.15) is 0 Å². The first kappa shape index (κ1) is 16.8. The molecular formula is C20H18N4O3. The standard InChI is InChI=1S/C20H18N4O3/c1-3-27-14-9-7-13(8-10-14)21-19(25)16-12-15-18(23(16)2)22-17-6-4-5-11-24(17)20(15)26/h4-12H,3H2,1-2H3,(H,21,25). The molecule has 0 radical (unpaired) electrons. The lowest BCUT2D eigenvalue weighted by atomic mass is 10.3. The van der Waals surface area contributed by atoms with Crippen LogP contribution in [0.15, 0.2) is 59.5 Å². The number of carbonyl (C=O) groups is 1. The molecule has 4 rings (SSSR count). The summed E-state index contributed by atoms with van der Waals surface area (Å²) in [5.41, 5.74) is 1.81. The largest absolute Gasteiger partial charge is 0.494 e. The van der Waals surface area contributed by atoms with Gasteiger partial charge >= 0.3 is 0 Å². The maximum atomic E-state index is 12.7. The van der Waals surface area contributed by atoms with Crippen LogP contribution in [0.1, 0.15) is 17.4 Å². The number of anilines is 1. The maximum absolute atomic E-state index is 12.7. The Morgan fingerprint density at radius 3 is 2.70 bits per heavy atom. The van der Waals surface area contributed by atoms with Crippen LogP contribution in [-0.4, -0.2) is 26.5 Å². The minimum Gasteiger partial charge on any atom is -0.494 e. The lowest BCUT2D eigenvalue weighted by Gasteiger charge is -2.08. The van der Waals surface area contributed by atoms with Gasteiger partial charge in [0.25, 0.3) is 11.5 Å². The third kappa shape index (κ3) is 2.93. The number of fused-ring (bicyclic) bond motifs is 2. The lowest BCUT2D eigenvalue weighted by Crippen LogP contribution is -2.16. The monoisotopic (exact) mass is 362 g/mol. The van der Waals surface area contributed by atoms with Crippen LogP contribution in [0.2, 0.25) is 0 Å². The molecule has 1 N–H and O–H groups in total. The third-order valence-electron chi connectivity index (χ3n) is 4.36. The predicted molar refractivity (Wildman–Crippen MR) is 104 cm³/mol. The van der Waals surface area contributed by atoms with Gasteiger partial charge in [0.1, 0.15) is 22.7 Å². The zero-order chi connectivity index (χ0) is 19.0. The van der Waals surface area contributed by atoms with E-state index in [9.17, 15) is 9.59 Å². The molecule has 27 heavy (non-hydrogen) atoms. The van der Waals surface area contributed by atoms with E-state index in [0.29, 0.717) is 34.7 Å². The smallest absolute Gasteiger partial charge is 0.272 e. The number of carbonyl (C=O) groups excluding carboxylic acids is 1. The van der Waals surface area contributed by atoms with Crippen LogP contribution in [0.5, 0.6) is 5.75 Å². The number of benzene rings is 1. The van der Waals surface area contributed by atoms with Gasteiger partial charge in [-0.3, -0.25) is 14.0 Å². The number of aromatic nitrogens is 3. The van der Waals surface area contributed by atoms with Crippen LogP contribution in [0.3, 0.4) is 0 Å². The van der Waals surface area contributed by atoms with Gasteiger partial charge in [-0.05, 0) is 49.4 Å². The highest BCUT2D eigenvalue weighted by molar-refractivity contribution is 6.06. The summed E-state index contributed by atoms with van der Waals surface area (Å²) in [7, 11) is 1.72. The van der Waals surface area contributed by atoms with Crippen molar-refractivity contribution in [1.29, 1.82) is 0 Å². The molecule has 0 saturated heterocycles. The molecule has 0 fully saturated rings. The first-order chi connectivity index (χ1) is 13.1. The molecule has 0 saturated carbocycles. The molecule has 0 bridgehead atoms. The Morgan fingerprint density at radius 1 is 1.19 bits per heavy atom. The molecule has 3 aromatic heterocycles. The Balaban J connectivity index is 1.71. The summed E-state index contributed by atoms with van der Waals surface area (Å²) in [5.74, 6) is 0.428. The van der Waals surface area contributed by atoms with Crippen molar-refractivity contribution < 1.29 is 9.53 Å². The van der Waals surface area contributed by atoms with Crippen molar-refractivity contribution in [3.63, 3.8) is 0 Å². The molecule has 0 aliphatic heterocycles. The molecule has 0 spiro atoms. The molecule has 0 atom stereocenters. The van der Waals surface area contributed by atoms with Crippen molar-refractivity contribution in [2.75, 3.05) is 11.9 Å². The van der Waals surface area contributed by atoms with Crippen LogP contribution in [0.25, 0.3) is 16.7 Å². The number of rotatable bonds is 4. The average Bonchev–Trinajstić information content (AvgIpc) is 3.01. The molecule has 0 aliphatic rings. The summed E-state index contributed by atoms with van der Waals surface area (Å²) < 4.78 is 8.50. The second-order valence-electron chi connectivity index (χ2n) is 6.08. The first-order valence-electron chi connectivity index (χ1n) is 8.59. The van der Waals surface area contributed by atoms with Gasteiger partial charge in [-0.15, -0.1) is 0 Å². The van der Waals surface area contributed by atoms with Crippen LogP contribution in [0.4, 0.5) is 5.69 Å². The Bertz CT molecular complexity index is 1210.